The second-order valence-electron chi connectivity index (χ2n) is 5.92. The molecule has 3 rings (SSSR count). The molecule has 0 amide bonds. The van der Waals surface area contributed by atoms with Gasteiger partial charge < -0.3 is 5.11 Å². The third-order valence-corrected chi connectivity index (χ3v) is 4.69. The predicted octanol–water partition coefficient (Wildman–Crippen LogP) is 2.81. The molecule has 0 aromatic heterocycles. The van der Waals surface area contributed by atoms with Gasteiger partial charge >= 0.3 is 0 Å². The summed E-state index contributed by atoms with van der Waals surface area (Å²) in [5.41, 5.74) is 1.43. The van der Waals surface area contributed by atoms with Gasteiger partial charge in [-0.3, -0.25) is 4.90 Å². The summed E-state index contributed by atoms with van der Waals surface area (Å²) < 4.78 is 0. The van der Waals surface area contributed by atoms with Crippen molar-refractivity contribution in [2.45, 2.75) is 50.7 Å². The first-order chi connectivity index (χ1) is 8.86. The highest BCUT2D eigenvalue weighted by atomic mass is 16.3. The van der Waals surface area contributed by atoms with E-state index in [4.69, 9.17) is 0 Å². The average Bonchev–Trinajstić information content (AvgIpc) is 2.39. The van der Waals surface area contributed by atoms with Crippen LogP contribution in [0.2, 0.25) is 0 Å². The number of nitrogens with zero attached hydrogens (tertiary/aromatic N) is 1. The first-order valence-corrected chi connectivity index (χ1v) is 7.27. The molecule has 0 saturated carbocycles. The minimum atomic E-state index is 0.381. The van der Waals surface area contributed by atoms with Crippen molar-refractivity contribution in [1.82, 2.24) is 4.90 Å². The Morgan fingerprint density at radius 1 is 1.06 bits per heavy atom. The largest absolute Gasteiger partial charge is 0.396 e. The van der Waals surface area contributed by atoms with Gasteiger partial charge in [-0.1, -0.05) is 36.8 Å². The molecule has 18 heavy (non-hydrogen) atoms. The highest BCUT2D eigenvalue weighted by Gasteiger charge is 2.37. The van der Waals surface area contributed by atoms with Gasteiger partial charge in [0.05, 0.1) is 0 Å². The molecule has 2 atom stereocenters. The van der Waals surface area contributed by atoms with Gasteiger partial charge in [0.2, 0.25) is 0 Å². The molecule has 98 valence electrons. The van der Waals surface area contributed by atoms with Crippen LogP contribution in [0.4, 0.5) is 0 Å². The SMILES string of the molecule is OCC1C[C@@H]2CCC[C@@H](C1)N2Cc1ccccc1. The van der Waals surface area contributed by atoms with Crippen LogP contribution in [-0.4, -0.2) is 28.7 Å². The molecule has 1 aromatic rings. The number of piperidine rings is 2. The Morgan fingerprint density at radius 2 is 1.72 bits per heavy atom. The van der Waals surface area contributed by atoms with Crippen molar-refractivity contribution >= 4 is 0 Å². The van der Waals surface area contributed by atoms with Crippen LogP contribution in [0.25, 0.3) is 0 Å². The first kappa shape index (κ1) is 12.2. The van der Waals surface area contributed by atoms with Gasteiger partial charge in [-0.2, -0.15) is 0 Å². The number of hydrogen-bond donors (Lipinski definition) is 1. The van der Waals surface area contributed by atoms with E-state index in [1.807, 2.05) is 0 Å². The van der Waals surface area contributed by atoms with Crippen molar-refractivity contribution < 1.29 is 5.11 Å². The molecule has 0 aliphatic carbocycles. The zero-order valence-electron chi connectivity index (χ0n) is 11.0. The van der Waals surface area contributed by atoms with Crippen LogP contribution < -0.4 is 0 Å². The summed E-state index contributed by atoms with van der Waals surface area (Å²) in [4.78, 5) is 2.70. The van der Waals surface area contributed by atoms with Gasteiger partial charge in [0.25, 0.3) is 0 Å². The Bertz CT molecular complexity index is 364. The van der Waals surface area contributed by atoms with E-state index in [9.17, 15) is 5.11 Å². The molecule has 0 radical (unpaired) electrons. The summed E-state index contributed by atoms with van der Waals surface area (Å²) in [5, 5.41) is 9.40. The molecule has 2 nitrogen and oxygen atoms in total. The lowest BCUT2D eigenvalue weighted by molar-refractivity contribution is -0.00694. The van der Waals surface area contributed by atoms with Gasteiger partial charge in [-0.25, -0.2) is 0 Å². The highest BCUT2D eigenvalue weighted by Crippen LogP contribution is 2.37. The second kappa shape index (κ2) is 5.41. The van der Waals surface area contributed by atoms with E-state index in [1.165, 1.54) is 37.7 Å². The standard InChI is InChI=1S/C16H23NO/c18-12-14-9-15-7-4-8-16(10-14)17(15)11-13-5-2-1-3-6-13/h1-3,5-6,14-16,18H,4,7-12H2/t15-,16-/m0/s1. The molecule has 2 fully saturated rings. The summed E-state index contributed by atoms with van der Waals surface area (Å²) >= 11 is 0. The number of aliphatic hydroxyl groups excluding tert-OH is 1. The molecule has 2 heterocycles. The van der Waals surface area contributed by atoms with E-state index in [2.05, 4.69) is 35.2 Å². The highest BCUT2D eigenvalue weighted by molar-refractivity contribution is 5.15. The molecular weight excluding hydrogens is 222 g/mol. The Labute approximate surface area is 110 Å². The van der Waals surface area contributed by atoms with Crippen LogP contribution >= 0.6 is 0 Å². The maximum absolute atomic E-state index is 9.40. The van der Waals surface area contributed by atoms with Crippen LogP contribution in [0, 0.1) is 5.92 Å². The number of rotatable bonds is 3. The van der Waals surface area contributed by atoms with Gasteiger partial charge in [0.15, 0.2) is 0 Å². The lowest BCUT2D eigenvalue weighted by atomic mass is 9.78. The minimum absolute atomic E-state index is 0.381. The van der Waals surface area contributed by atoms with Crippen LogP contribution in [-0.2, 0) is 6.54 Å². The second-order valence-corrected chi connectivity index (χ2v) is 5.92. The zero-order chi connectivity index (χ0) is 12.4. The summed E-state index contributed by atoms with van der Waals surface area (Å²) in [6, 6.07) is 12.2. The van der Waals surface area contributed by atoms with Crippen LogP contribution in [0.15, 0.2) is 30.3 Å². The van der Waals surface area contributed by atoms with Crippen molar-refractivity contribution in [1.29, 1.82) is 0 Å². The molecule has 2 bridgehead atoms. The summed E-state index contributed by atoms with van der Waals surface area (Å²) in [5.74, 6) is 0.548. The van der Waals surface area contributed by atoms with Crippen LogP contribution in [0.3, 0.4) is 0 Å². The molecule has 0 spiro atoms. The molecule has 1 N–H and O–H groups in total. The Morgan fingerprint density at radius 3 is 2.33 bits per heavy atom. The van der Waals surface area contributed by atoms with Crippen molar-refractivity contribution in [3.63, 3.8) is 0 Å². The summed E-state index contributed by atoms with van der Waals surface area (Å²) in [6.07, 6.45) is 6.40. The molecule has 0 unspecified atom stereocenters. The monoisotopic (exact) mass is 245 g/mol. The number of benzene rings is 1. The van der Waals surface area contributed by atoms with E-state index < -0.39 is 0 Å². The van der Waals surface area contributed by atoms with Crippen molar-refractivity contribution in [3.8, 4) is 0 Å². The average molecular weight is 245 g/mol. The fourth-order valence-electron chi connectivity index (χ4n) is 3.79. The molecule has 2 saturated heterocycles. The topological polar surface area (TPSA) is 23.5 Å². The van der Waals surface area contributed by atoms with Gasteiger partial charge in [0.1, 0.15) is 0 Å². The number of fused-ring (bicyclic) bond motifs is 2. The van der Waals surface area contributed by atoms with E-state index >= 15 is 0 Å². The molecule has 2 heteroatoms. The number of hydrogen-bond acceptors (Lipinski definition) is 2. The fourth-order valence-corrected chi connectivity index (χ4v) is 3.79. The van der Waals surface area contributed by atoms with Crippen molar-refractivity contribution in [3.05, 3.63) is 35.9 Å². The van der Waals surface area contributed by atoms with E-state index in [-0.39, 0.29) is 0 Å². The Kier molecular flexibility index (Phi) is 3.67. The third-order valence-electron chi connectivity index (χ3n) is 4.69. The molecular formula is C16H23NO. The first-order valence-electron chi connectivity index (χ1n) is 7.27. The molecule has 1 aromatic carbocycles. The lowest BCUT2D eigenvalue weighted by Gasteiger charge is -2.48. The van der Waals surface area contributed by atoms with E-state index in [0.29, 0.717) is 24.6 Å². The quantitative estimate of drug-likeness (QED) is 0.885. The predicted molar refractivity (Wildman–Crippen MR) is 73.2 cm³/mol. The smallest absolute Gasteiger partial charge is 0.0460 e. The van der Waals surface area contributed by atoms with Gasteiger partial charge in [-0.15, -0.1) is 0 Å². The Hall–Kier alpha value is -0.860. The van der Waals surface area contributed by atoms with Crippen molar-refractivity contribution in [2.75, 3.05) is 6.61 Å². The lowest BCUT2D eigenvalue weighted by Crippen LogP contribution is -2.51. The number of aliphatic hydroxyl groups is 1. The summed E-state index contributed by atoms with van der Waals surface area (Å²) in [6.45, 7) is 1.47. The van der Waals surface area contributed by atoms with Crippen LogP contribution in [0.5, 0.6) is 0 Å². The molecule has 2 aliphatic rings. The maximum Gasteiger partial charge on any atom is 0.0460 e. The fraction of sp³-hybridized carbons (Fsp3) is 0.625. The minimum Gasteiger partial charge on any atom is -0.396 e. The third kappa shape index (κ3) is 2.45. The maximum atomic E-state index is 9.40. The molecule has 2 aliphatic heterocycles. The zero-order valence-corrected chi connectivity index (χ0v) is 11.0. The normalized spacial score (nSPS) is 32.4. The van der Waals surface area contributed by atoms with E-state index in [0.717, 1.165) is 6.54 Å². The van der Waals surface area contributed by atoms with Crippen molar-refractivity contribution in [2.24, 2.45) is 5.92 Å². The van der Waals surface area contributed by atoms with E-state index in [1.54, 1.807) is 0 Å². The Balaban J connectivity index is 1.72. The van der Waals surface area contributed by atoms with Gasteiger partial charge in [0, 0.05) is 25.2 Å². The van der Waals surface area contributed by atoms with Crippen LogP contribution in [0.1, 0.15) is 37.7 Å². The summed E-state index contributed by atoms with van der Waals surface area (Å²) in [7, 11) is 0. The van der Waals surface area contributed by atoms with Gasteiger partial charge in [-0.05, 0) is 37.2 Å².